The molecule has 1 amide bonds. The quantitative estimate of drug-likeness (QED) is 0.840. The Bertz CT molecular complexity index is 779. The van der Waals surface area contributed by atoms with Gasteiger partial charge < -0.3 is 4.90 Å². The molecular weight excluding hydrogens is 322 g/mol. The van der Waals surface area contributed by atoms with Gasteiger partial charge in [-0.15, -0.1) is 0 Å². The Morgan fingerprint density at radius 2 is 2.04 bits per heavy atom. The second-order valence-corrected chi connectivity index (χ2v) is 8.23. The summed E-state index contributed by atoms with van der Waals surface area (Å²) in [5.74, 6) is 1.60. The van der Waals surface area contributed by atoms with Crippen LogP contribution in [0, 0.1) is 11.8 Å². The Kier molecular flexibility index (Phi) is 4.94. The molecule has 2 heterocycles. The van der Waals surface area contributed by atoms with Crippen molar-refractivity contribution in [2.24, 2.45) is 11.8 Å². The van der Waals surface area contributed by atoms with E-state index in [0.717, 1.165) is 48.4 Å². The fourth-order valence-corrected chi connectivity index (χ4v) is 4.20. The largest absolute Gasteiger partial charge is 0.337 e. The number of carbonyl (C=O) groups excluding carboxylic acids is 1. The van der Waals surface area contributed by atoms with Crippen molar-refractivity contribution in [3.8, 4) is 0 Å². The lowest BCUT2D eigenvalue weighted by Gasteiger charge is -2.34. The number of aromatic nitrogens is 1. The molecule has 4 nitrogen and oxygen atoms in total. The Balaban J connectivity index is 1.58. The number of hydrogen-bond donors (Lipinski definition) is 0. The predicted octanol–water partition coefficient (Wildman–Crippen LogP) is 3.82. The third-order valence-electron chi connectivity index (χ3n) is 5.87. The SMILES string of the molecule is CC(C)C1CN(C(=O)c2cccc3ncccc23)CCCN1CC1CC1. The van der Waals surface area contributed by atoms with Crippen molar-refractivity contribution in [2.75, 3.05) is 26.2 Å². The van der Waals surface area contributed by atoms with E-state index in [9.17, 15) is 4.79 Å². The van der Waals surface area contributed by atoms with Gasteiger partial charge in [0.2, 0.25) is 0 Å². The lowest BCUT2D eigenvalue weighted by Crippen LogP contribution is -2.46. The Morgan fingerprint density at radius 3 is 2.81 bits per heavy atom. The molecule has 1 unspecified atom stereocenters. The van der Waals surface area contributed by atoms with Crippen molar-refractivity contribution in [1.82, 2.24) is 14.8 Å². The highest BCUT2D eigenvalue weighted by molar-refractivity contribution is 6.06. The molecular formula is C22H29N3O. The maximum Gasteiger partial charge on any atom is 0.254 e. The minimum atomic E-state index is 0.155. The molecule has 138 valence electrons. The van der Waals surface area contributed by atoms with Gasteiger partial charge in [-0.25, -0.2) is 0 Å². The van der Waals surface area contributed by atoms with Crippen molar-refractivity contribution in [3.63, 3.8) is 0 Å². The lowest BCUT2D eigenvalue weighted by molar-refractivity contribution is 0.0706. The standard InChI is InChI=1S/C22H29N3O/c1-16(2)21-15-25(13-5-12-24(21)14-17-9-10-17)22(26)19-6-3-8-20-18(19)7-4-11-23-20/h3-4,6-8,11,16-17,21H,5,9-10,12-15H2,1-2H3. The smallest absolute Gasteiger partial charge is 0.254 e. The van der Waals surface area contributed by atoms with Gasteiger partial charge in [0.1, 0.15) is 0 Å². The summed E-state index contributed by atoms with van der Waals surface area (Å²) >= 11 is 0. The normalized spacial score (nSPS) is 22.0. The van der Waals surface area contributed by atoms with E-state index < -0.39 is 0 Å². The third kappa shape index (κ3) is 3.61. The molecule has 26 heavy (non-hydrogen) atoms. The number of hydrogen-bond acceptors (Lipinski definition) is 3. The molecule has 2 fully saturated rings. The third-order valence-corrected chi connectivity index (χ3v) is 5.87. The molecule has 0 bridgehead atoms. The van der Waals surface area contributed by atoms with Gasteiger partial charge in [-0.3, -0.25) is 14.7 Å². The first-order valence-corrected chi connectivity index (χ1v) is 10.0. The van der Waals surface area contributed by atoms with Crippen LogP contribution in [0.4, 0.5) is 0 Å². The number of pyridine rings is 1. The van der Waals surface area contributed by atoms with Crippen LogP contribution in [0.2, 0.25) is 0 Å². The predicted molar refractivity (Wildman–Crippen MR) is 105 cm³/mol. The Morgan fingerprint density at radius 1 is 1.19 bits per heavy atom. The van der Waals surface area contributed by atoms with Gasteiger partial charge in [-0.1, -0.05) is 26.0 Å². The molecule has 1 aromatic carbocycles. The summed E-state index contributed by atoms with van der Waals surface area (Å²) in [5, 5.41) is 0.959. The minimum absolute atomic E-state index is 0.155. The number of nitrogens with zero attached hydrogens (tertiary/aromatic N) is 3. The van der Waals surface area contributed by atoms with Crippen LogP contribution in [0.1, 0.15) is 43.5 Å². The van der Waals surface area contributed by atoms with E-state index in [1.54, 1.807) is 6.20 Å². The topological polar surface area (TPSA) is 36.4 Å². The molecule has 0 N–H and O–H groups in total. The van der Waals surface area contributed by atoms with Crippen LogP contribution in [0.3, 0.4) is 0 Å². The van der Waals surface area contributed by atoms with Crippen molar-refractivity contribution >= 4 is 16.8 Å². The zero-order chi connectivity index (χ0) is 18.1. The average molecular weight is 351 g/mol. The van der Waals surface area contributed by atoms with Crippen molar-refractivity contribution in [2.45, 2.75) is 39.2 Å². The van der Waals surface area contributed by atoms with Gasteiger partial charge in [-0.05, 0) is 49.3 Å². The number of fused-ring (bicyclic) bond motifs is 1. The van der Waals surface area contributed by atoms with E-state index in [1.165, 1.54) is 19.4 Å². The van der Waals surface area contributed by atoms with E-state index in [1.807, 2.05) is 30.3 Å². The molecule has 4 heteroatoms. The second-order valence-electron chi connectivity index (χ2n) is 8.23. The molecule has 1 saturated carbocycles. The van der Waals surface area contributed by atoms with E-state index >= 15 is 0 Å². The highest BCUT2D eigenvalue weighted by atomic mass is 16.2. The van der Waals surface area contributed by atoms with Crippen molar-refractivity contribution in [1.29, 1.82) is 0 Å². The lowest BCUT2D eigenvalue weighted by atomic mass is 10.0. The van der Waals surface area contributed by atoms with Gasteiger partial charge in [0.05, 0.1) is 5.52 Å². The number of carbonyl (C=O) groups is 1. The maximum atomic E-state index is 13.4. The second kappa shape index (κ2) is 7.36. The Hall–Kier alpha value is -1.94. The molecule has 1 aliphatic heterocycles. The molecule has 0 spiro atoms. The molecule has 0 radical (unpaired) electrons. The summed E-state index contributed by atoms with van der Waals surface area (Å²) in [4.78, 5) is 22.5. The molecule has 2 aromatic rings. The number of rotatable bonds is 4. The summed E-state index contributed by atoms with van der Waals surface area (Å²) in [6.07, 6.45) is 5.61. The number of benzene rings is 1. The van der Waals surface area contributed by atoms with Gasteiger partial charge in [-0.2, -0.15) is 0 Å². The summed E-state index contributed by atoms with van der Waals surface area (Å²) in [6.45, 7) is 8.59. The zero-order valence-corrected chi connectivity index (χ0v) is 15.9. The Labute approximate surface area is 156 Å². The molecule has 1 aliphatic carbocycles. The van der Waals surface area contributed by atoms with E-state index in [4.69, 9.17) is 0 Å². The first-order chi connectivity index (χ1) is 12.6. The van der Waals surface area contributed by atoms with Gasteiger partial charge in [0, 0.05) is 49.4 Å². The van der Waals surface area contributed by atoms with Crippen LogP contribution in [-0.2, 0) is 0 Å². The summed E-state index contributed by atoms with van der Waals surface area (Å²) in [6, 6.07) is 10.2. The molecule has 2 aliphatic rings. The highest BCUT2D eigenvalue weighted by Gasteiger charge is 2.33. The molecule has 4 rings (SSSR count). The maximum absolute atomic E-state index is 13.4. The minimum Gasteiger partial charge on any atom is -0.337 e. The fourth-order valence-electron chi connectivity index (χ4n) is 4.20. The van der Waals surface area contributed by atoms with E-state index in [2.05, 4.69) is 28.6 Å². The van der Waals surface area contributed by atoms with Crippen LogP contribution in [0.5, 0.6) is 0 Å². The molecule has 1 atom stereocenters. The van der Waals surface area contributed by atoms with Crippen LogP contribution in [0.25, 0.3) is 10.9 Å². The van der Waals surface area contributed by atoms with E-state index in [-0.39, 0.29) is 5.91 Å². The summed E-state index contributed by atoms with van der Waals surface area (Å²) in [7, 11) is 0. The van der Waals surface area contributed by atoms with Gasteiger partial charge in [0.25, 0.3) is 5.91 Å². The van der Waals surface area contributed by atoms with Crippen LogP contribution in [0.15, 0.2) is 36.5 Å². The van der Waals surface area contributed by atoms with Gasteiger partial charge in [0.15, 0.2) is 0 Å². The zero-order valence-electron chi connectivity index (χ0n) is 15.9. The summed E-state index contributed by atoms with van der Waals surface area (Å²) in [5.41, 5.74) is 1.68. The fraction of sp³-hybridized carbons (Fsp3) is 0.545. The van der Waals surface area contributed by atoms with Gasteiger partial charge >= 0.3 is 0 Å². The molecule has 1 aromatic heterocycles. The molecule has 1 saturated heterocycles. The van der Waals surface area contributed by atoms with Crippen molar-refractivity contribution in [3.05, 3.63) is 42.1 Å². The van der Waals surface area contributed by atoms with Crippen molar-refractivity contribution < 1.29 is 4.79 Å². The first-order valence-electron chi connectivity index (χ1n) is 10.0. The van der Waals surface area contributed by atoms with Crippen LogP contribution in [-0.4, -0.2) is 52.9 Å². The average Bonchev–Trinajstić information content (AvgIpc) is 3.48. The van der Waals surface area contributed by atoms with E-state index in [0.29, 0.717) is 12.0 Å². The first kappa shape index (κ1) is 17.5. The van der Waals surface area contributed by atoms with Crippen LogP contribution < -0.4 is 0 Å². The highest BCUT2D eigenvalue weighted by Crippen LogP contribution is 2.32. The number of amides is 1. The van der Waals surface area contributed by atoms with Crippen LogP contribution >= 0.6 is 0 Å². The summed E-state index contributed by atoms with van der Waals surface area (Å²) < 4.78 is 0. The monoisotopic (exact) mass is 351 g/mol.